The molecule has 0 atom stereocenters. The van der Waals surface area contributed by atoms with E-state index in [0.717, 1.165) is 21.3 Å². The minimum absolute atomic E-state index is 0.141. The summed E-state index contributed by atoms with van der Waals surface area (Å²) in [5.41, 5.74) is 3.56. The highest BCUT2D eigenvalue weighted by molar-refractivity contribution is 7.91. The van der Waals surface area contributed by atoms with E-state index in [1.165, 1.54) is 16.2 Å². The minimum Gasteiger partial charge on any atom is -0.282 e. The number of carbonyl (C=O) groups is 1. The van der Waals surface area contributed by atoms with Crippen molar-refractivity contribution in [3.63, 3.8) is 0 Å². The molecule has 2 heterocycles. The number of aromatic nitrogens is 2. The van der Waals surface area contributed by atoms with Crippen molar-refractivity contribution in [2.45, 2.75) is 31.7 Å². The lowest BCUT2D eigenvalue weighted by Gasteiger charge is -2.19. The van der Waals surface area contributed by atoms with E-state index >= 15 is 0 Å². The van der Waals surface area contributed by atoms with Crippen LogP contribution in [0.2, 0.25) is 0 Å². The summed E-state index contributed by atoms with van der Waals surface area (Å²) in [6.07, 6.45) is 1.53. The maximum atomic E-state index is 13.2. The second-order valence-corrected chi connectivity index (χ2v) is 10.7. The van der Waals surface area contributed by atoms with Crippen LogP contribution in [0.1, 0.15) is 23.2 Å². The standard InChI is InChI=1S/C24H23N3O3S2/c1-17-9-11-20(12-10-17)32(29,30)15-13-22(28)27(16-19-7-3-4-14-25-19)24-26-23-18(2)6-5-8-21(23)31-24/h3-12,14H,13,15-16H2,1-2H3. The number of aryl methyl sites for hydroxylation is 2. The Bertz CT molecular complexity index is 1350. The van der Waals surface area contributed by atoms with E-state index in [0.29, 0.717) is 10.8 Å². The van der Waals surface area contributed by atoms with Gasteiger partial charge in [-0.1, -0.05) is 47.2 Å². The van der Waals surface area contributed by atoms with E-state index in [2.05, 4.69) is 9.97 Å². The maximum absolute atomic E-state index is 13.2. The number of hydrogen-bond acceptors (Lipinski definition) is 6. The lowest BCUT2D eigenvalue weighted by Crippen LogP contribution is -2.32. The van der Waals surface area contributed by atoms with Crippen LogP contribution in [0, 0.1) is 13.8 Å². The number of anilines is 1. The Morgan fingerprint density at radius 3 is 2.47 bits per heavy atom. The maximum Gasteiger partial charge on any atom is 0.230 e. The second kappa shape index (κ2) is 9.18. The van der Waals surface area contributed by atoms with Crippen molar-refractivity contribution in [2.75, 3.05) is 10.7 Å². The first-order chi connectivity index (χ1) is 15.3. The molecule has 6 nitrogen and oxygen atoms in total. The van der Waals surface area contributed by atoms with E-state index in [9.17, 15) is 13.2 Å². The highest BCUT2D eigenvalue weighted by atomic mass is 32.2. The molecule has 0 unspecified atom stereocenters. The molecule has 2 aromatic carbocycles. The van der Waals surface area contributed by atoms with Gasteiger partial charge in [-0.2, -0.15) is 0 Å². The molecule has 0 N–H and O–H groups in total. The summed E-state index contributed by atoms with van der Waals surface area (Å²) in [6, 6.07) is 18.1. The molecule has 32 heavy (non-hydrogen) atoms. The van der Waals surface area contributed by atoms with Crippen LogP contribution in [-0.4, -0.2) is 30.0 Å². The van der Waals surface area contributed by atoms with Gasteiger partial charge in [-0.25, -0.2) is 13.4 Å². The van der Waals surface area contributed by atoms with Crippen molar-refractivity contribution >= 4 is 42.4 Å². The van der Waals surface area contributed by atoms with Gasteiger partial charge in [0, 0.05) is 12.6 Å². The van der Waals surface area contributed by atoms with Crippen molar-refractivity contribution in [1.29, 1.82) is 0 Å². The lowest BCUT2D eigenvalue weighted by atomic mass is 10.2. The lowest BCUT2D eigenvalue weighted by molar-refractivity contribution is -0.118. The Balaban J connectivity index is 1.61. The van der Waals surface area contributed by atoms with Crippen LogP contribution in [0.3, 0.4) is 0 Å². The Morgan fingerprint density at radius 1 is 1.00 bits per heavy atom. The number of hydrogen-bond donors (Lipinski definition) is 0. The van der Waals surface area contributed by atoms with Gasteiger partial charge in [0.05, 0.1) is 33.1 Å². The fraction of sp³-hybridized carbons (Fsp3) is 0.208. The van der Waals surface area contributed by atoms with Gasteiger partial charge in [0.2, 0.25) is 5.91 Å². The molecular formula is C24H23N3O3S2. The SMILES string of the molecule is Cc1ccc(S(=O)(=O)CCC(=O)N(Cc2ccccn2)c2nc3c(C)cccc3s2)cc1. The Morgan fingerprint density at radius 2 is 1.78 bits per heavy atom. The van der Waals surface area contributed by atoms with Crippen LogP contribution in [0.25, 0.3) is 10.2 Å². The van der Waals surface area contributed by atoms with Gasteiger partial charge in [-0.3, -0.25) is 14.7 Å². The number of rotatable bonds is 7. The third-order valence-electron chi connectivity index (χ3n) is 5.15. The zero-order valence-electron chi connectivity index (χ0n) is 17.9. The van der Waals surface area contributed by atoms with E-state index in [1.807, 2.05) is 50.2 Å². The van der Waals surface area contributed by atoms with Gasteiger partial charge >= 0.3 is 0 Å². The van der Waals surface area contributed by atoms with Crippen molar-refractivity contribution in [3.8, 4) is 0 Å². The highest BCUT2D eigenvalue weighted by Crippen LogP contribution is 2.31. The largest absolute Gasteiger partial charge is 0.282 e. The molecule has 0 radical (unpaired) electrons. The first kappa shape index (κ1) is 22.1. The highest BCUT2D eigenvalue weighted by Gasteiger charge is 2.24. The summed E-state index contributed by atoms with van der Waals surface area (Å²) < 4.78 is 26.5. The molecule has 0 bridgehead atoms. The molecule has 0 saturated heterocycles. The number of pyridine rings is 1. The average Bonchev–Trinajstić information content (AvgIpc) is 3.22. The average molecular weight is 466 g/mol. The molecule has 0 spiro atoms. The van der Waals surface area contributed by atoms with E-state index in [4.69, 9.17) is 0 Å². The van der Waals surface area contributed by atoms with Crippen LogP contribution in [0.15, 0.2) is 71.8 Å². The predicted octanol–water partition coefficient (Wildman–Crippen LogP) is 4.71. The fourth-order valence-corrected chi connectivity index (χ4v) is 5.62. The van der Waals surface area contributed by atoms with Crippen molar-refractivity contribution in [2.24, 2.45) is 0 Å². The van der Waals surface area contributed by atoms with Gasteiger partial charge in [-0.15, -0.1) is 0 Å². The molecule has 1 amide bonds. The van der Waals surface area contributed by atoms with Crippen molar-refractivity contribution in [1.82, 2.24) is 9.97 Å². The number of amides is 1. The molecule has 2 aromatic heterocycles. The minimum atomic E-state index is -3.57. The number of benzene rings is 2. The Kier molecular flexibility index (Phi) is 6.34. The van der Waals surface area contributed by atoms with Gasteiger partial charge in [0.1, 0.15) is 0 Å². The monoisotopic (exact) mass is 465 g/mol. The number of sulfone groups is 1. The van der Waals surface area contributed by atoms with Crippen LogP contribution >= 0.6 is 11.3 Å². The summed E-state index contributed by atoms with van der Waals surface area (Å²) >= 11 is 1.42. The van der Waals surface area contributed by atoms with Gasteiger partial charge < -0.3 is 0 Å². The molecular weight excluding hydrogens is 442 g/mol. The second-order valence-electron chi connectivity index (χ2n) is 7.60. The summed E-state index contributed by atoms with van der Waals surface area (Å²) in [6.45, 7) is 4.10. The number of para-hydroxylation sites is 1. The molecule has 0 aliphatic rings. The summed E-state index contributed by atoms with van der Waals surface area (Å²) in [7, 11) is -3.57. The summed E-state index contributed by atoms with van der Waals surface area (Å²) in [4.78, 5) is 24.0. The zero-order valence-corrected chi connectivity index (χ0v) is 19.5. The van der Waals surface area contributed by atoms with Crippen LogP contribution in [0.4, 0.5) is 5.13 Å². The number of carbonyl (C=O) groups excluding carboxylic acids is 1. The molecule has 164 valence electrons. The van der Waals surface area contributed by atoms with Gasteiger partial charge in [0.25, 0.3) is 0 Å². The molecule has 0 fully saturated rings. The number of thiazole rings is 1. The first-order valence-electron chi connectivity index (χ1n) is 10.2. The summed E-state index contributed by atoms with van der Waals surface area (Å²) in [5.74, 6) is -0.569. The van der Waals surface area contributed by atoms with Crippen LogP contribution in [0.5, 0.6) is 0 Å². The fourth-order valence-electron chi connectivity index (χ4n) is 3.33. The summed E-state index contributed by atoms with van der Waals surface area (Å²) in [5, 5.41) is 0.540. The number of fused-ring (bicyclic) bond motifs is 1. The molecule has 0 saturated carbocycles. The molecule has 8 heteroatoms. The molecule has 4 aromatic rings. The van der Waals surface area contributed by atoms with E-state index < -0.39 is 9.84 Å². The first-order valence-corrected chi connectivity index (χ1v) is 12.7. The van der Waals surface area contributed by atoms with E-state index in [-0.39, 0.29) is 29.5 Å². The Labute approximate surface area is 191 Å². The van der Waals surface area contributed by atoms with Crippen LogP contribution < -0.4 is 4.90 Å². The quantitative estimate of drug-likeness (QED) is 0.395. The Hall–Kier alpha value is -3.10. The zero-order chi connectivity index (χ0) is 22.7. The smallest absolute Gasteiger partial charge is 0.230 e. The van der Waals surface area contributed by atoms with Crippen molar-refractivity contribution in [3.05, 3.63) is 83.7 Å². The predicted molar refractivity (Wildman–Crippen MR) is 128 cm³/mol. The topological polar surface area (TPSA) is 80.2 Å². The van der Waals surface area contributed by atoms with E-state index in [1.54, 1.807) is 30.5 Å². The van der Waals surface area contributed by atoms with Gasteiger partial charge in [-0.05, 0) is 49.7 Å². The third kappa shape index (κ3) is 4.87. The molecule has 0 aliphatic carbocycles. The molecule has 4 rings (SSSR count). The third-order valence-corrected chi connectivity index (χ3v) is 7.93. The van der Waals surface area contributed by atoms with Crippen molar-refractivity contribution < 1.29 is 13.2 Å². The molecule has 0 aliphatic heterocycles. The van der Waals surface area contributed by atoms with Gasteiger partial charge in [0.15, 0.2) is 15.0 Å². The van der Waals surface area contributed by atoms with Crippen LogP contribution in [-0.2, 0) is 21.2 Å². The number of nitrogens with zero attached hydrogens (tertiary/aromatic N) is 3. The normalized spacial score (nSPS) is 11.6.